The third-order valence-electron chi connectivity index (χ3n) is 2.31. The van der Waals surface area contributed by atoms with Crippen molar-refractivity contribution in [2.24, 2.45) is 5.73 Å². The van der Waals surface area contributed by atoms with Gasteiger partial charge >= 0.3 is 0 Å². The van der Waals surface area contributed by atoms with Crippen molar-refractivity contribution in [1.29, 1.82) is 0 Å². The number of carbonyl (C=O) groups excluding carboxylic acids is 2. The zero-order valence-electron chi connectivity index (χ0n) is 10.4. The predicted molar refractivity (Wildman–Crippen MR) is 69.0 cm³/mol. The molecule has 0 radical (unpaired) electrons. The van der Waals surface area contributed by atoms with Crippen LogP contribution in [0.2, 0.25) is 0 Å². The summed E-state index contributed by atoms with van der Waals surface area (Å²) >= 11 is 0. The molecule has 5 N–H and O–H groups in total. The predicted octanol–water partition coefficient (Wildman–Crippen LogP) is -0.347. The van der Waals surface area contributed by atoms with E-state index in [9.17, 15) is 9.59 Å². The number of hydrogen-bond donors (Lipinski definition) is 3. The van der Waals surface area contributed by atoms with Gasteiger partial charge in [-0.2, -0.15) is 0 Å². The topological polar surface area (TPSA) is 114 Å². The van der Waals surface area contributed by atoms with E-state index in [1.54, 1.807) is 20.2 Å². The number of nitrogens with one attached hydrogen (secondary N) is 1. The first-order valence-corrected chi connectivity index (χ1v) is 5.42. The number of amides is 2. The van der Waals surface area contributed by atoms with E-state index >= 15 is 0 Å². The smallest absolute Gasteiger partial charge is 0.267 e. The van der Waals surface area contributed by atoms with E-state index in [4.69, 9.17) is 11.5 Å². The van der Waals surface area contributed by atoms with Gasteiger partial charge in [-0.25, -0.2) is 4.98 Å². The zero-order chi connectivity index (χ0) is 13.7. The molecule has 98 valence electrons. The van der Waals surface area contributed by atoms with Gasteiger partial charge in [-0.3, -0.25) is 9.59 Å². The van der Waals surface area contributed by atoms with Crippen molar-refractivity contribution in [1.82, 2.24) is 9.88 Å². The fourth-order valence-electron chi connectivity index (χ4n) is 1.26. The van der Waals surface area contributed by atoms with Gasteiger partial charge in [0.25, 0.3) is 5.91 Å². The third kappa shape index (κ3) is 3.62. The molecule has 0 aliphatic carbocycles. The molecule has 7 heteroatoms. The minimum absolute atomic E-state index is 0.00729. The maximum Gasteiger partial charge on any atom is 0.267 e. The van der Waals surface area contributed by atoms with E-state index < -0.39 is 5.91 Å². The SMILES string of the molecule is CN(C)C(=O)CCNc1nc(C(N)=O)ccc1N. The van der Waals surface area contributed by atoms with Crippen molar-refractivity contribution in [3.63, 3.8) is 0 Å². The first-order valence-electron chi connectivity index (χ1n) is 5.42. The number of primary amides is 1. The van der Waals surface area contributed by atoms with Gasteiger partial charge in [-0.15, -0.1) is 0 Å². The molecular formula is C11H17N5O2. The molecule has 7 nitrogen and oxygen atoms in total. The Hall–Kier alpha value is -2.31. The minimum Gasteiger partial charge on any atom is -0.396 e. The average Bonchev–Trinajstić information content (AvgIpc) is 2.30. The number of aromatic nitrogens is 1. The fourth-order valence-corrected chi connectivity index (χ4v) is 1.26. The highest BCUT2D eigenvalue weighted by molar-refractivity contribution is 5.91. The molecule has 0 aromatic carbocycles. The summed E-state index contributed by atoms with van der Waals surface area (Å²) < 4.78 is 0. The molecule has 0 bridgehead atoms. The van der Waals surface area contributed by atoms with Gasteiger partial charge < -0.3 is 21.7 Å². The summed E-state index contributed by atoms with van der Waals surface area (Å²) in [6.07, 6.45) is 0.314. The maximum atomic E-state index is 11.4. The molecule has 0 saturated carbocycles. The van der Waals surface area contributed by atoms with Crippen LogP contribution in [0.4, 0.5) is 11.5 Å². The maximum absolute atomic E-state index is 11.4. The molecule has 0 aliphatic rings. The van der Waals surface area contributed by atoms with Crippen molar-refractivity contribution in [2.45, 2.75) is 6.42 Å². The molecule has 1 aromatic heterocycles. The molecule has 1 heterocycles. The van der Waals surface area contributed by atoms with E-state index in [0.29, 0.717) is 24.5 Å². The highest BCUT2D eigenvalue weighted by Crippen LogP contribution is 2.15. The number of carbonyl (C=O) groups is 2. The second kappa shape index (κ2) is 5.85. The van der Waals surface area contributed by atoms with E-state index in [0.717, 1.165) is 0 Å². The van der Waals surface area contributed by atoms with Gasteiger partial charge in [0.05, 0.1) is 5.69 Å². The van der Waals surface area contributed by atoms with Crippen LogP contribution in [0.25, 0.3) is 0 Å². The number of pyridine rings is 1. The first kappa shape index (κ1) is 13.8. The number of nitrogens with zero attached hydrogens (tertiary/aromatic N) is 2. The summed E-state index contributed by atoms with van der Waals surface area (Å²) in [5, 5.41) is 2.90. The van der Waals surface area contributed by atoms with Crippen LogP contribution in [0.5, 0.6) is 0 Å². The normalized spacial score (nSPS) is 9.89. The number of rotatable bonds is 5. The van der Waals surface area contributed by atoms with E-state index in [-0.39, 0.29) is 11.6 Å². The van der Waals surface area contributed by atoms with Crippen LogP contribution in [0, 0.1) is 0 Å². The van der Waals surface area contributed by atoms with Gasteiger partial charge in [0.15, 0.2) is 0 Å². The summed E-state index contributed by atoms with van der Waals surface area (Å²) in [6, 6.07) is 3.00. The molecule has 1 rings (SSSR count). The van der Waals surface area contributed by atoms with Gasteiger partial charge in [0.1, 0.15) is 11.5 Å². The van der Waals surface area contributed by atoms with Gasteiger partial charge in [0.2, 0.25) is 5.91 Å². The second-order valence-corrected chi connectivity index (χ2v) is 3.96. The average molecular weight is 251 g/mol. The van der Waals surface area contributed by atoms with Crippen LogP contribution in [-0.4, -0.2) is 42.3 Å². The Kier molecular flexibility index (Phi) is 4.47. The summed E-state index contributed by atoms with van der Waals surface area (Å²) in [7, 11) is 3.37. The molecule has 2 amide bonds. The largest absolute Gasteiger partial charge is 0.396 e. The lowest BCUT2D eigenvalue weighted by Gasteiger charge is -2.12. The Bertz CT molecular complexity index is 459. The molecule has 0 spiro atoms. The number of anilines is 2. The summed E-state index contributed by atoms with van der Waals surface area (Å²) in [5.41, 5.74) is 11.3. The van der Waals surface area contributed by atoms with Crippen LogP contribution in [0.15, 0.2) is 12.1 Å². The Balaban J connectivity index is 2.64. The minimum atomic E-state index is -0.623. The van der Waals surface area contributed by atoms with Crippen LogP contribution in [-0.2, 0) is 4.79 Å². The van der Waals surface area contributed by atoms with E-state index in [1.165, 1.54) is 11.0 Å². The standard InChI is InChI=1S/C11H17N5O2/c1-16(2)9(17)5-6-14-11-7(12)3-4-8(15-11)10(13)18/h3-4H,5-6,12H2,1-2H3,(H2,13,18)(H,14,15). The molecule has 18 heavy (non-hydrogen) atoms. The van der Waals surface area contributed by atoms with Crippen molar-refractivity contribution < 1.29 is 9.59 Å². The molecule has 1 aromatic rings. The van der Waals surface area contributed by atoms with E-state index in [1.807, 2.05) is 0 Å². The van der Waals surface area contributed by atoms with Gasteiger partial charge in [0, 0.05) is 27.1 Å². The lowest BCUT2D eigenvalue weighted by molar-refractivity contribution is -0.128. The van der Waals surface area contributed by atoms with Gasteiger partial charge in [-0.1, -0.05) is 0 Å². The fraction of sp³-hybridized carbons (Fsp3) is 0.364. The Morgan fingerprint density at radius 3 is 2.61 bits per heavy atom. The van der Waals surface area contributed by atoms with Crippen molar-refractivity contribution >= 4 is 23.3 Å². The summed E-state index contributed by atoms with van der Waals surface area (Å²) in [4.78, 5) is 27.8. The van der Waals surface area contributed by atoms with Crippen LogP contribution < -0.4 is 16.8 Å². The number of nitrogen functional groups attached to an aromatic ring is 1. The molecule has 0 saturated heterocycles. The Morgan fingerprint density at radius 1 is 1.39 bits per heavy atom. The zero-order valence-corrected chi connectivity index (χ0v) is 10.4. The van der Waals surface area contributed by atoms with Crippen LogP contribution in [0.3, 0.4) is 0 Å². The first-order chi connectivity index (χ1) is 8.41. The van der Waals surface area contributed by atoms with Crippen molar-refractivity contribution in [3.8, 4) is 0 Å². The highest BCUT2D eigenvalue weighted by Gasteiger charge is 2.08. The third-order valence-corrected chi connectivity index (χ3v) is 2.31. The van der Waals surface area contributed by atoms with Gasteiger partial charge in [-0.05, 0) is 12.1 Å². The Morgan fingerprint density at radius 2 is 2.06 bits per heavy atom. The van der Waals surface area contributed by atoms with Crippen LogP contribution in [0.1, 0.15) is 16.9 Å². The molecule has 0 unspecified atom stereocenters. The molecule has 0 atom stereocenters. The lowest BCUT2D eigenvalue weighted by Crippen LogP contribution is -2.24. The monoisotopic (exact) mass is 251 g/mol. The summed E-state index contributed by atoms with van der Waals surface area (Å²) in [5.74, 6) is -0.271. The van der Waals surface area contributed by atoms with E-state index in [2.05, 4.69) is 10.3 Å². The highest BCUT2D eigenvalue weighted by atomic mass is 16.2. The second-order valence-electron chi connectivity index (χ2n) is 3.96. The quantitative estimate of drug-likeness (QED) is 0.662. The van der Waals surface area contributed by atoms with Crippen molar-refractivity contribution in [3.05, 3.63) is 17.8 Å². The molecule has 0 fully saturated rings. The lowest BCUT2D eigenvalue weighted by atomic mass is 10.3. The molecule has 0 aliphatic heterocycles. The van der Waals surface area contributed by atoms with Crippen molar-refractivity contribution in [2.75, 3.05) is 31.7 Å². The molecular weight excluding hydrogens is 234 g/mol. The number of nitrogens with two attached hydrogens (primary N) is 2. The summed E-state index contributed by atoms with van der Waals surface area (Å²) in [6.45, 7) is 0.385. The Labute approximate surface area is 105 Å². The number of hydrogen-bond acceptors (Lipinski definition) is 5. The van der Waals surface area contributed by atoms with Crippen LogP contribution >= 0.6 is 0 Å².